The Kier molecular flexibility index (Phi) is 5.18. The fourth-order valence-corrected chi connectivity index (χ4v) is 3.20. The molecule has 128 valence electrons. The molecule has 3 rings (SSSR count). The number of nitrogens with zero attached hydrogens (tertiary/aromatic N) is 2. The van der Waals surface area contributed by atoms with Gasteiger partial charge in [0, 0.05) is 19.0 Å². The Hall–Kier alpha value is -2.30. The molecule has 1 aromatic heterocycles. The molecule has 1 saturated heterocycles. The minimum Gasteiger partial charge on any atom is -0.497 e. The first-order valence-corrected chi connectivity index (χ1v) is 8.59. The second-order valence-corrected chi connectivity index (χ2v) is 6.17. The molecule has 0 saturated carbocycles. The van der Waals surface area contributed by atoms with Crippen LogP contribution in [0, 0.1) is 0 Å². The van der Waals surface area contributed by atoms with E-state index in [0.29, 0.717) is 6.42 Å². The number of carbonyl (C=O) groups excluding carboxylic acids is 1. The van der Waals surface area contributed by atoms with Crippen LogP contribution < -0.4 is 4.74 Å². The quantitative estimate of drug-likeness (QED) is 0.814. The molecule has 0 unspecified atom stereocenters. The van der Waals surface area contributed by atoms with Crippen molar-refractivity contribution < 1.29 is 14.1 Å². The fraction of sp³-hybridized carbons (Fsp3) is 0.474. The smallest absolute Gasteiger partial charge is 0.223 e. The molecule has 2 heterocycles. The SMILES string of the molecule is CCc1cc([C@@H]2CCCN2C(=O)CCc2ccc(OC)cc2)on1. The number of amides is 1. The number of ether oxygens (including phenoxy) is 1. The molecule has 1 atom stereocenters. The Labute approximate surface area is 142 Å². The summed E-state index contributed by atoms with van der Waals surface area (Å²) in [4.78, 5) is 14.6. The molecule has 0 N–H and O–H groups in total. The third-order valence-electron chi connectivity index (χ3n) is 4.63. The van der Waals surface area contributed by atoms with Crippen LogP contribution in [0.3, 0.4) is 0 Å². The van der Waals surface area contributed by atoms with Crippen LogP contribution in [-0.2, 0) is 17.6 Å². The van der Waals surface area contributed by atoms with Gasteiger partial charge < -0.3 is 14.2 Å². The Morgan fingerprint density at radius 3 is 2.83 bits per heavy atom. The summed E-state index contributed by atoms with van der Waals surface area (Å²) in [6, 6.07) is 9.91. The molecule has 1 aromatic carbocycles. The van der Waals surface area contributed by atoms with Gasteiger partial charge in [0.05, 0.1) is 18.8 Å². The predicted molar refractivity (Wildman–Crippen MR) is 90.9 cm³/mol. The van der Waals surface area contributed by atoms with E-state index in [4.69, 9.17) is 9.26 Å². The van der Waals surface area contributed by atoms with Crippen molar-refractivity contribution in [3.05, 3.63) is 47.3 Å². The van der Waals surface area contributed by atoms with Gasteiger partial charge in [-0.3, -0.25) is 4.79 Å². The number of benzene rings is 1. The maximum absolute atomic E-state index is 12.6. The monoisotopic (exact) mass is 328 g/mol. The Balaban J connectivity index is 1.60. The molecule has 24 heavy (non-hydrogen) atoms. The van der Waals surface area contributed by atoms with E-state index in [-0.39, 0.29) is 11.9 Å². The molecule has 1 aliphatic rings. The predicted octanol–water partition coefficient (Wildman–Crippen LogP) is 3.54. The van der Waals surface area contributed by atoms with Crippen LogP contribution in [0.4, 0.5) is 0 Å². The summed E-state index contributed by atoms with van der Waals surface area (Å²) in [7, 11) is 1.65. The molecule has 1 fully saturated rings. The van der Waals surface area contributed by atoms with Crippen molar-refractivity contribution in [2.45, 2.75) is 45.1 Å². The molecule has 2 aromatic rings. The second-order valence-electron chi connectivity index (χ2n) is 6.17. The van der Waals surface area contributed by atoms with Crippen LogP contribution in [0.15, 0.2) is 34.9 Å². The summed E-state index contributed by atoms with van der Waals surface area (Å²) >= 11 is 0. The van der Waals surface area contributed by atoms with E-state index >= 15 is 0 Å². The van der Waals surface area contributed by atoms with Crippen LogP contribution in [-0.4, -0.2) is 29.6 Å². The van der Waals surface area contributed by atoms with E-state index in [0.717, 1.165) is 55.0 Å². The average Bonchev–Trinajstić information content (AvgIpc) is 3.28. The molecule has 0 spiro atoms. The normalized spacial score (nSPS) is 17.2. The first-order valence-electron chi connectivity index (χ1n) is 8.59. The summed E-state index contributed by atoms with van der Waals surface area (Å²) in [5.41, 5.74) is 2.09. The molecule has 1 aliphatic heterocycles. The number of carbonyl (C=O) groups is 1. The molecular weight excluding hydrogens is 304 g/mol. The van der Waals surface area contributed by atoms with Gasteiger partial charge in [0.15, 0.2) is 5.76 Å². The molecule has 0 bridgehead atoms. The fourth-order valence-electron chi connectivity index (χ4n) is 3.20. The minimum absolute atomic E-state index is 0.0427. The van der Waals surface area contributed by atoms with Gasteiger partial charge in [0.2, 0.25) is 5.91 Å². The molecule has 0 aliphatic carbocycles. The van der Waals surface area contributed by atoms with E-state index in [1.165, 1.54) is 0 Å². The Morgan fingerprint density at radius 1 is 1.38 bits per heavy atom. The molecule has 5 heteroatoms. The largest absolute Gasteiger partial charge is 0.497 e. The van der Waals surface area contributed by atoms with E-state index in [1.807, 2.05) is 42.2 Å². The van der Waals surface area contributed by atoms with Gasteiger partial charge in [-0.1, -0.05) is 24.2 Å². The Morgan fingerprint density at radius 2 is 2.17 bits per heavy atom. The lowest BCUT2D eigenvalue weighted by Crippen LogP contribution is -2.30. The van der Waals surface area contributed by atoms with E-state index in [2.05, 4.69) is 5.16 Å². The topological polar surface area (TPSA) is 55.6 Å². The van der Waals surface area contributed by atoms with Crippen molar-refractivity contribution in [3.8, 4) is 5.75 Å². The van der Waals surface area contributed by atoms with Gasteiger partial charge in [0.25, 0.3) is 0 Å². The summed E-state index contributed by atoms with van der Waals surface area (Å²) < 4.78 is 10.6. The number of hydrogen-bond donors (Lipinski definition) is 0. The number of aromatic nitrogens is 1. The van der Waals surface area contributed by atoms with Crippen molar-refractivity contribution in [2.24, 2.45) is 0 Å². The van der Waals surface area contributed by atoms with Crippen molar-refractivity contribution >= 4 is 5.91 Å². The summed E-state index contributed by atoms with van der Waals surface area (Å²) in [6.45, 7) is 2.85. The number of rotatable bonds is 6. The number of aryl methyl sites for hydroxylation is 2. The third kappa shape index (κ3) is 3.61. The van der Waals surface area contributed by atoms with Crippen molar-refractivity contribution in [1.82, 2.24) is 10.1 Å². The highest BCUT2D eigenvalue weighted by atomic mass is 16.5. The highest BCUT2D eigenvalue weighted by molar-refractivity contribution is 5.77. The van der Waals surface area contributed by atoms with Crippen LogP contribution in [0.2, 0.25) is 0 Å². The zero-order valence-electron chi connectivity index (χ0n) is 14.3. The van der Waals surface area contributed by atoms with Crippen molar-refractivity contribution in [2.75, 3.05) is 13.7 Å². The Bertz CT molecular complexity index is 678. The van der Waals surface area contributed by atoms with Gasteiger partial charge in [-0.25, -0.2) is 0 Å². The van der Waals surface area contributed by atoms with E-state index in [1.54, 1.807) is 7.11 Å². The van der Waals surface area contributed by atoms with Crippen molar-refractivity contribution in [1.29, 1.82) is 0 Å². The van der Waals surface area contributed by atoms with Crippen LogP contribution in [0.5, 0.6) is 5.75 Å². The van der Waals surface area contributed by atoms with Gasteiger partial charge in [0.1, 0.15) is 5.75 Å². The first kappa shape index (κ1) is 16.6. The first-order chi connectivity index (χ1) is 11.7. The van der Waals surface area contributed by atoms with Crippen LogP contribution in [0.25, 0.3) is 0 Å². The molecular formula is C19H24N2O3. The van der Waals surface area contributed by atoms with Crippen LogP contribution in [0.1, 0.15) is 49.2 Å². The zero-order chi connectivity index (χ0) is 16.9. The van der Waals surface area contributed by atoms with Crippen molar-refractivity contribution in [3.63, 3.8) is 0 Å². The standard InChI is InChI=1S/C19H24N2O3/c1-3-15-13-18(24-20-15)17-5-4-12-21(17)19(22)11-8-14-6-9-16(23-2)10-7-14/h6-7,9-10,13,17H,3-5,8,11-12H2,1-2H3/t17-/m0/s1. The van der Waals surface area contributed by atoms with Gasteiger partial charge in [-0.15, -0.1) is 0 Å². The summed E-state index contributed by atoms with van der Waals surface area (Å²) in [6.07, 6.45) is 4.07. The second kappa shape index (κ2) is 7.51. The third-order valence-corrected chi connectivity index (χ3v) is 4.63. The minimum atomic E-state index is 0.0427. The van der Waals surface area contributed by atoms with Gasteiger partial charge in [-0.05, 0) is 43.4 Å². The number of likely N-dealkylation sites (tertiary alicyclic amines) is 1. The summed E-state index contributed by atoms with van der Waals surface area (Å²) in [5, 5.41) is 4.06. The lowest BCUT2D eigenvalue weighted by atomic mass is 10.1. The highest BCUT2D eigenvalue weighted by Gasteiger charge is 2.32. The van der Waals surface area contributed by atoms with Gasteiger partial charge in [-0.2, -0.15) is 0 Å². The number of methoxy groups -OCH3 is 1. The lowest BCUT2D eigenvalue weighted by molar-refractivity contribution is -0.132. The van der Waals surface area contributed by atoms with E-state index in [9.17, 15) is 4.79 Å². The maximum atomic E-state index is 12.6. The molecule has 1 amide bonds. The van der Waals surface area contributed by atoms with Crippen LogP contribution >= 0.6 is 0 Å². The lowest BCUT2D eigenvalue weighted by Gasteiger charge is -2.22. The number of hydrogen-bond acceptors (Lipinski definition) is 4. The zero-order valence-corrected chi connectivity index (χ0v) is 14.3. The average molecular weight is 328 g/mol. The molecule has 0 radical (unpaired) electrons. The molecule has 5 nitrogen and oxygen atoms in total. The highest BCUT2D eigenvalue weighted by Crippen LogP contribution is 2.33. The van der Waals surface area contributed by atoms with Gasteiger partial charge >= 0.3 is 0 Å². The van der Waals surface area contributed by atoms with E-state index < -0.39 is 0 Å². The summed E-state index contributed by atoms with van der Waals surface area (Å²) in [5.74, 6) is 1.84. The maximum Gasteiger partial charge on any atom is 0.223 e.